The molecule has 6 nitrogen and oxygen atoms in total. The minimum Gasteiger partial charge on any atom is -0.493 e. The van der Waals surface area contributed by atoms with Crippen LogP contribution in [0, 0.1) is 0 Å². The Morgan fingerprint density at radius 3 is 2.71 bits per heavy atom. The molecular weight excluding hydrogens is 228 g/mol. The van der Waals surface area contributed by atoms with E-state index >= 15 is 0 Å². The third kappa shape index (κ3) is 3.61. The standard InChI is InChI=1S/C11H14O6/c1-16-9-4-2-3-7(5-8(13)6-12)10(9)17-11(14)15/h2-4,8,12-13H,5-6H2,1H3,(H,14,15). The fourth-order valence-electron chi connectivity index (χ4n) is 1.40. The molecule has 0 aliphatic carbocycles. The van der Waals surface area contributed by atoms with E-state index in [9.17, 15) is 9.90 Å². The van der Waals surface area contributed by atoms with E-state index in [1.165, 1.54) is 7.11 Å². The van der Waals surface area contributed by atoms with E-state index in [2.05, 4.69) is 4.74 Å². The number of aliphatic hydroxyl groups is 2. The van der Waals surface area contributed by atoms with Gasteiger partial charge in [0.15, 0.2) is 11.5 Å². The average Bonchev–Trinajstić information content (AvgIpc) is 2.30. The fourth-order valence-corrected chi connectivity index (χ4v) is 1.40. The zero-order chi connectivity index (χ0) is 12.8. The molecular formula is C11H14O6. The van der Waals surface area contributed by atoms with Crippen molar-refractivity contribution >= 4 is 6.16 Å². The summed E-state index contributed by atoms with van der Waals surface area (Å²) in [5.74, 6) is 0.296. The number of ether oxygens (including phenoxy) is 2. The van der Waals surface area contributed by atoms with Gasteiger partial charge >= 0.3 is 6.16 Å². The maximum atomic E-state index is 10.6. The summed E-state index contributed by atoms with van der Waals surface area (Å²) in [4.78, 5) is 10.6. The van der Waals surface area contributed by atoms with Crippen LogP contribution in [0.2, 0.25) is 0 Å². The molecule has 0 spiro atoms. The van der Waals surface area contributed by atoms with E-state index in [1.54, 1.807) is 18.2 Å². The minimum absolute atomic E-state index is 0.0370. The van der Waals surface area contributed by atoms with Crippen molar-refractivity contribution in [3.63, 3.8) is 0 Å². The van der Waals surface area contributed by atoms with Crippen molar-refractivity contribution in [3.8, 4) is 11.5 Å². The molecule has 1 unspecified atom stereocenters. The average molecular weight is 242 g/mol. The molecule has 1 aromatic carbocycles. The molecule has 0 amide bonds. The van der Waals surface area contributed by atoms with E-state index in [1.807, 2.05) is 0 Å². The molecule has 1 aromatic rings. The van der Waals surface area contributed by atoms with Crippen LogP contribution in [0.15, 0.2) is 18.2 Å². The van der Waals surface area contributed by atoms with Gasteiger partial charge in [-0.05, 0) is 6.07 Å². The second-order valence-electron chi connectivity index (χ2n) is 3.36. The Kier molecular flexibility index (Phi) is 4.74. The summed E-state index contributed by atoms with van der Waals surface area (Å²) in [5.41, 5.74) is 0.452. The van der Waals surface area contributed by atoms with Gasteiger partial charge in [0, 0.05) is 12.0 Å². The van der Waals surface area contributed by atoms with Crippen LogP contribution in [0.1, 0.15) is 5.56 Å². The van der Waals surface area contributed by atoms with E-state index in [0.29, 0.717) is 5.56 Å². The van der Waals surface area contributed by atoms with Crippen molar-refractivity contribution in [2.75, 3.05) is 13.7 Å². The Morgan fingerprint density at radius 1 is 1.47 bits per heavy atom. The molecule has 3 N–H and O–H groups in total. The van der Waals surface area contributed by atoms with Crippen molar-refractivity contribution in [3.05, 3.63) is 23.8 Å². The normalized spacial score (nSPS) is 11.9. The van der Waals surface area contributed by atoms with Crippen LogP contribution in [0.25, 0.3) is 0 Å². The maximum Gasteiger partial charge on any atom is 0.511 e. The summed E-state index contributed by atoms with van der Waals surface area (Å²) in [6.45, 7) is -0.413. The number of hydrogen-bond acceptors (Lipinski definition) is 5. The van der Waals surface area contributed by atoms with E-state index in [-0.39, 0.29) is 17.9 Å². The van der Waals surface area contributed by atoms with E-state index < -0.39 is 18.9 Å². The molecule has 0 saturated carbocycles. The van der Waals surface area contributed by atoms with Crippen LogP contribution in [-0.4, -0.2) is 41.3 Å². The fraction of sp³-hybridized carbons (Fsp3) is 0.364. The number of benzene rings is 1. The van der Waals surface area contributed by atoms with Gasteiger partial charge in [-0.1, -0.05) is 12.1 Å². The summed E-state index contributed by atoms with van der Waals surface area (Å²) < 4.78 is 9.58. The highest BCUT2D eigenvalue weighted by Gasteiger charge is 2.16. The highest BCUT2D eigenvalue weighted by atomic mass is 16.7. The van der Waals surface area contributed by atoms with Crippen molar-refractivity contribution in [2.24, 2.45) is 0 Å². The second-order valence-corrected chi connectivity index (χ2v) is 3.36. The van der Waals surface area contributed by atoms with E-state index in [4.69, 9.17) is 14.9 Å². The molecule has 0 aliphatic rings. The van der Waals surface area contributed by atoms with Gasteiger partial charge in [-0.15, -0.1) is 0 Å². The third-order valence-corrected chi connectivity index (χ3v) is 2.14. The molecule has 0 saturated heterocycles. The zero-order valence-corrected chi connectivity index (χ0v) is 9.29. The summed E-state index contributed by atoms with van der Waals surface area (Å²) in [7, 11) is 1.39. The van der Waals surface area contributed by atoms with Gasteiger partial charge < -0.3 is 24.8 Å². The first kappa shape index (κ1) is 13.3. The number of methoxy groups -OCH3 is 1. The van der Waals surface area contributed by atoms with E-state index in [0.717, 1.165) is 0 Å². The van der Waals surface area contributed by atoms with Crippen LogP contribution in [0.4, 0.5) is 4.79 Å². The predicted molar refractivity (Wildman–Crippen MR) is 58.4 cm³/mol. The summed E-state index contributed by atoms with van der Waals surface area (Å²) in [6, 6.07) is 4.79. The summed E-state index contributed by atoms with van der Waals surface area (Å²) in [5, 5.41) is 26.7. The first-order valence-corrected chi connectivity index (χ1v) is 4.94. The molecule has 0 fully saturated rings. The first-order valence-electron chi connectivity index (χ1n) is 4.94. The maximum absolute atomic E-state index is 10.6. The quantitative estimate of drug-likeness (QED) is 0.518. The van der Waals surface area contributed by atoms with Crippen molar-refractivity contribution in [2.45, 2.75) is 12.5 Å². The number of rotatable bonds is 5. The molecule has 17 heavy (non-hydrogen) atoms. The van der Waals surface area contributed by atoms with Crippen LogP contribution < -0.4 is 9.47 Å². The van der Waals surface area contributed by atoms with Gasteiger partial charge in [-0.2, -0.15) is 0 Å². The minimum atomic E-state index is -1.46. The third-order valence-electron chi connectivity index (χ3n) is 2.14. The number of para-hydroxylation sites is 1. The molecule has 1 rings (SSSR count). The Balaban J connectivity index is 3.05. The lowest BCUT2D eigenvalue weighted by atomic mass is 10.1. The van der Waals surface area contributed by atoms with Crippen LogP contribution in [-0.2, 0) is 6.42 Å². The Hall–Kier alpha value is -1.79. The van der Waals surface area contributed by atoms with Gasteiger partial charge in [0.25, 0.3) is 0 Å². The topological polar surface area (TPSA) is 96.2 Å². The summed E-state index contributed by atoms with van der Waals surface area (Å²) >= 11 is 0. The number of hydrogen-bond donors (Lipinski definition) is 3. The largest absolute Gasteiger partial charge is 0.511 e. The highest BCUT2D eigenvalue weighted by molar-refractivity contribution is 5.64. The van der Waals surface area contributed by atoms with Crippen LogP contribution in [0.5, 0.6) is 11.5 Å². The zero-order valence-electron chi connectivity index (χ0n) is 9.29. The second kappa shape index (κ2) is 6.07. The Morgan fingerprint density at radius 2 is 2.18 bits per heavy atom. The Labute approximate surface area is 98.0 Å². The monoisotopic (exact) mass is 242 g/mol. The molecule has 0 radical (unpaired) electrons. The van der Waals surface area contributed by atoms with Gasteiger partial charge in [0.1, 0.15) is 0 Å². The van der Waals surface area contributed by atoms with Gasteiger partial charge in [-0.3, -0.25) is 0 Å². The molecule has 94 valence electrons. The number of carbonyl (C=O) groups is 1. The first-order chi connectivity index (χ1) is 8.08. The van der Waals surface area contributed by atoms with Crippen molar-refractivity contribution in [1.82, 2.24) is 0 Å². The van der Waals surface area contributed by atoms with Crippen LogP contribution in [0.3, 0.4) is 0 Å². The molecule has 1 atom stereocenters. The lowest BCUT2D eigenvalue weighted by Crippen LogP contribution is -2.16. The number of aliphatic hydroxyl groups excluding tert-OH is 2. The van der Waals surface area contributed by atoms with Crippen molar-refractivity contribution in [1.29, 1.82) is 0 Å². The molecule has 0 aromatic heterocycles. The van der Waals surface area contributed by atoms with Gasteiger partial charge in [0.05, 0.1) is 19.8 Å². The lowest BCUT2D eigenvalue weighted by Gasteiger charge is -2.13. The lowest BCUT2D eigenvalue weighted by molar-refractivity contribution is 0.0943. The number of carboxylic acid groups (broad SMARTS) is 1. The molecule has 6 heteroatoms. The SMILES string of the molecule is COc1cccc(CC(O)CO)c1OC(=O)O. The summed E-state index contributed by atoms with van der Waals surface area (Å²) in [6.07, 6.45) is -2.36. The van der Waals surface area contributed by atoms with Crippen molar-refractivity contribution < 1.29 is 29.6 Å². The highest BCUT2D eigenvalue weighted by Crippen LogP contribution is 2.32. The van der Waals surface area contributed by atoms with Crippen LogP contribution >= 0.6 is 0 Å². The smallest absolute Gasteiger partial charge is 0.493 e. The molecule has 0 bridgehead atoms. The molecule has 0 heterocycles. The van der Waals surface area contributed by atoms with Gasteiger partial charge in [-0.25, -0.2) is 4.79 Å². The predicted octanol–water partition coefficient (Wildman–Crippen LogP) is 0.648. The van der Waals surface area contributed by atoms with Gasteiger partial charge in [0.2, 0.25) is 0 Å². The Bertz CT molecular complexity index is 390. The molecule has 0 aliphatic heterocycles.